The van der Waals surface area contributed by atoms with E-state index < -0.39 is 28.6 Å². The summed E-state index contributed by atoms with van der Waals surface area (Å²) in [7, 11) is 0. The fraction of sp³-hybridized carbons (Fsp3) is 0. The molecule has 0 amide bonds. The molecule has 0 aliphatic heterocycles. The van der Waals surface area contributed by atoms with Gasteiger partial charge in [0.2, 0.25) is 5.43 Å². The molecule has 0 spiro atoms. The Morgan fingerprint density at radius 3 is 2.45 bits per heavy atom. The topological polar surface area (TPSA) is 70.2 Å². The summed E-state index contributed by atoms with van der Waals surface area (Å²) in [6, 6.07) is 8.66. The minimum atomic E-state index is -1.47. The molecule has 0 unspecified atom stereocenters. The predicted octanol–water partition coefficient (Wildman–Crippen LogP) is 3.17. The minimum Gasteiger partial charge on any atom is -0.477 e. The number of aromatic carboxylic acids is 1. The highest BCUT2D eigenvalue weighted by Crippen LogP contribution is 2.23. The Balaban J connectivity index is 2.44. The summed E-state index contributed by atoms with van der Waals surface area (Å²) in [4.78, 5) is 26.5. The van der Waals surface area contributed by atoms with Crippen LogP contribution in [0.25, 0.3) is 22.2 Å². The number of hydrogen-bond acceptors (Lipinski definition) is 2. The molecule has 1 heterocycles. The van der Waals surface area contributed by atoms with Crippen molar-refractivity contribution in [3.8, 4) is 11.3 Å². The van der Waals surface area contributed by atoms with E-state index in [1.54, 1.807) is 0 Å². The average molecular weight is 301 g/mol. The van der Waals surface area contributed by atoms with Gasteiger partial charge < -0.3 is 10.1 Å². The molecule has 0 bridgehead atoms. The zero-order chi connectivity index (χ0) is 15.9. The molecular formula is C16H9F2NO3. The first kappa shape index (κ1) is 13.9. The smallest absolute Gasteiger partial charge is 0.341 e. The highest BCUT2D eigenvalue weighted by molar-refractivity contribution is 5.99. The van der Waals surface area contributed by atoms with Crippen LogP contribution in [-0.2, 0) is 0 Å². The van der Waals surface area contributed by atoms with Gasteiger partial charge in [0.25, 0.3) is 0 Å². The standard InChI is InChI=1S/C16H9F2NO3/c17-9-3-1-2-8(6-9)14-13(16(21)22)15(20)11-7-10(18)4-5-12(11)19-14/h1-7H,(H,19,20)(H,21,22). The number of H-pyrrole nitrogens is 1. The fourth-order valence-corrected chi connectivity index (χ4v) is 2.32. The van der Waals surface area contributed by atoms with Gasteiger partial charge in [0, 0.05) is 16.5 Å². The monoisotopic (exact) mass is 301 g/mol. The molecule has 2 N–H and O–H groups in total. The molecule has 4 nitrogen and oxygen atoms in total. The molecule has 0 aliphatic rings. The Kier molecular flexibility index (Phi) is 3.21. The quantitative estimate of drug-likeness (QED) is 0.763. The number of fused-ring (bicyclic) bond motifs is 1. The molecule has 0 fully saturated rings. The highest BCUT2D eigenvalue weighted by atomic mass is 19.1. The Labute approximate surface area is 122 Å². The zero-order valence-corrected chi connectivity index (χ0v) is 11.1. The SMILES string of the molecule is O=C(O)c1c(-c2cccc(F)c2)[nH]c2ccc(F)cc2c1=O. The third-order valence-corrected chi connectivity index (χ3v) is 3.29. The van der Waals surface area contributed by atoms with Crippen molar-refractivity contribution in [2.45, 2.75) is 0 Å². The van der Waals surface area contributed by atoms with Gasteiger partial charge in [-0.05, 0) is 30.3 Å². The molecule has 0 radical (unpaired) electrons. The van der Waals surface area contributed by atoms with Gasteiger partial charge in [-0.1, -0.05) is 12.1 Å². The average Bonchev–Trinajstić information content (AvgIpc) is 2.47. The third kappa shape index (κ3) is 2.24. The molecule has 22 heavy (non-hydrogen) atoms. The zero-order valence-electron chi connectivity index (χ0n) is 11.1. The van der Waals surface area contributed by atoms with Gasteiger partial charge in [-0.3, -0.25) is 4.79 Å². The summed E-state index contributed by atoms with van der Waals surface area (Å²) in [6.45, 7) is 0. The number of carboxylic acid groups (broad SMARTS) is 1. The number of halogens is 2. The largest absolute Gasteiger partial charge is 0.477 e. The van der Waals surface area contributed by atoms with E-state index >= 15 is 0 Å². The maximum Gasteiger partial charge on any atom is 0.341 e. The highest BCUT2D eigenvalue weighted by Gasteiger charge is 2.20. The van der Waals surface area contributed by atoms with Gasteiger partial charge >= 0.3 is 5.97 Å². The van der Waals surface area contributed by atoms with Crippen molar-refractivity contribution in [3.63, 3.8) is 0 Å². The summed E-state index contributed by atoms with van der Waals surface area (Å²) in [5.41, 5.74) is -0.892. The first-order valence-electron chi connectivity index (χ1n) is 6.32. The van der Waals surface area contributed by atoms with Gasteiger partial charge in [-0.25, -0.2) is 13.6 Å². The molecule has 0 saturated carbocycles. The number of carboxylic acids is 1. The molecule has 0 saturated heterocycles. The van der Waals surface area contributed by atoms with Crippen LogP contribution in [0, 0.1) is 11.6 Å². The molecule has 3 rings (SSSR count). The van der Waals surface area contributed by atoms with E-state index in [9.17, 15) is 23.5 Å². The van der Waals surface area contributed by atoms with Crippen LogP contribution in [0.3, 0.4) is 0 Å². The molecule has 110 valence electrons. The number of hydrogen-bond donors (Lipinski definition) is 2. The van der Waals surface area contributed by atoms with Crippen LogP contribution in [0.1, 0.15) is 10.4 Å². The van der Waals surface area contributed by atoms with E-state index in [2.05, 4.69) is 4.98 Å². The molecule has 2 aromatic carbocycles. The Morgan fingerprint density at radius 2 is 1.77 bits per heavy atom. The molecular weight excluding hydrogens is 292 g/mol. The Bertz CT molecular complexity index is 963. The predicted molar refractivity (Wildman–Crippen MR) is 76.9 cm³/mol. The van der Waals surface area contributed by atoms with E-state index in [0.717, 1.165) is 18.2 Å². The van der Waals surface area contributed by atoms with E-state index in [4.69, 9.17) is 0 Å². The number of aromatic nitrogens is 1. The van der Waals surface area contributed by atoms with Crippen LogP contribution in [-0.4, -0.2) is 16.1 Å². The number of pyridine rings is 1. The molecule has 0 atom stereocenters. The summed E-state index contributed by atoms with van der Waals surface area (Å²) in [5.74, 6) is -2.67. The van der Waals surface area contributed by atoms with Crippen LogP contribution in [0.4, 0.5) is 8.78 Å². The summed E-state index contributed by atoms with van der Waals surface area (Å²) < 4.78 is 26.6. The van der Waals surface area contributed by atoms with Gasteiger partial charge in [0.15, 0.2) is 0 Å². The van der Waals surface area contributed by atoms with Crippen molar-refractivity contribution in [2.75, 3.05) is 0 Å². The van der Waals surface area contributed by atoms with Crippen LogP contribution in [0.5, 0.6) is 0 Å². The van der Waals surface area contributed by atoms with Crippen molar-refractivity contribution in [1.82, 2.24) is 4.98 Å². The van der Waals surface area contributed by atoms with E-state index in [1.807, 2.05) is 0 Å². The molecule has 6 heteroatoms. The van der Waals surface area contributed by atoms with Crippen molar-refractivity contribution in [1.29, 1.82) is 0 Å². The van der Waals surface area contributed by atoms with Crippen molar-refractivity contribution in [2.24, 2.45) is 0 Å². The summed E-state index contributed by atoms with van der Waals surface area (Å²) in [5, 5.41) is 9.23. The first-order chi connectivity index (χ1) is 10.5. The van der Waals surface area contributed by atoms with E-state index in [-0.39, 0.29) is 22.2 Å². The second-order valence-electron chi connectivity index (χ2n) is 4.71. The fourth-order valence-electron chi connectivity index (χ4n) is 2.32. The number of aromatic amines is 1. The molecule has 1 aromatic heterocycles. The van der Waals surface area contributed by atoms with Crippen LogP contribution >= 0.6 is 0 Å². The van der Waals surface area contributed by atoms with Crippen LogP contribution in [0.15, 0.2) is 47.3 Å². The molecule has 0 aliphatic carbocycles. The van der Waals surface area contributed by atoms with Gasteiger partial charge in [0.05, 0.1) is 5.69 Å². The number of benzene rings is 2. The maximum atomic E-state index is 13.4. The van der Waals surface area contributed by atoms with Crippen LogP contribution < -0.4 is 5.43 Å². The van der Waals surface area contributed by atoms with E-state index in [1.165, 1.54) is 24.3 Å². The number of rotatable bonds is 2. The Hall–Kier alpha value is -3.02. The third-order valence-electron chi connectivity index (χ3n) is 3.29. The van der Waals surface area contributed by atoms with Gasteiger partial charge in [0.1, 0.15) is 17.2 Å². The second kappa shape index (κ2) is 5.07. The summed E-state index contributed by atoms with van der Waals surface area (Å²) in [6.07, 6.45) is 0. The van der Waals surface area contributed by atoms with Crippen molar-refractivity contribution in [3.05, 3.63) is 69.9 Å². The van der Waals surface area contributed by atoms with Crippen molar-refractivity contribution >= 4 is 16.9 Å². The summed E-state index contributed by atoms with van der Waals surface area (Å²) >= 11 is 0. The maximum absolute atomic E-state index is 13.4. The second-order valence-corrected chi connectivity index (χ2v) is 4.71. The van der Waals surface area contributed by atoms with Gasteiger partial charge in [-0.15, -0.1) is 0 Å². The number of carbonyl (C=O) groups is 1. The molecule has 3 aromatic rings. The Morgan fingerprint density at radius 1 is 1.05 bits per heavy atom. The first-order valence-corrected chi connectivity index (χ1v) is 6.32. The van der Waals surface area contributed by atoms with Crippen molar-refractivity contribution < 1.29 is 18.7 Å². The normalized spacial score (nSPS) is 10.8. The lowest BCUT2D eigenvalue weighted by atomic mass is 10.0. The van der Waals surface area contributed by atoms with Gasteiger partial charge in [-0.2, -0.15) is 0 Å². The van der Waals surface area contributed by atoms with E-state index in [0.29, 0.717) is 0 Å². The van der Waals surface area contributed by atoms with Crippen LogP contribution in [0.2, 0.25) is 0 Å². The lowest BCUT2D eigenvalue weighted by molar-refractivity contribution is 0.0696. The minimum absolute atomic E-state index is 0.0175. The lowest BCUT2D eigenvalue weighted by Crippen LogP contribution is -2.18. The lowest BCUT2D eigenvalue weighted by Gasteiger charge is -2.09. The number of nitrogens with one attached hydrogen (secondary N) is 1.